The highest BCUT2D eigenvalue weighted by molar-refractivity contribution is 5.81. The largest absolute Gasteiger partial charge is 0.387 e. The van der Waals surface area contributed by atoms with Gasteiger partial charge in [-0.05, 0) is 32.4 Å². The molecule has 0 fully saturated rings. The molecule has 0 aliphatic carbocycles. The molecular weight excluding hydrogens is 254 g/mol. The average molecular weight is 279 g/mol. The predicted molar refractivity (Wildman–Crippen MR) is 80.7 cm³/mol. The molecule has 1 rings (SSSR count). The van der Waals surface area contributed by atoms with E-state index in [-0.39, 0.29) is 5.91 Å². The Hall–Kier alpha value is -1.62. The van der Waals surface area contributed by atoms with E-state index in [9.17, 15) is 9.90 Å². The van der Waals surface area contributed by atoms with Crippen molar-refractivity contribution < 1.29 is 9.90 Å². The number of hydrogen-bond acceptors (Lipinski definition) is 4. The summed E-state index contributed by atoms with van der Waals surface area (Å²) in [5.74, 6) is 0.107. The van der Waals surface area contributed by atoms with E-state index in [4.69, 9.17) is 0 Å². The summed E-state index contributed by atoms with van der Waals surface area (Å²) >= 11 is 0. The Labute approximate surface area is 121 Å². The van der Waals surface area contributed by atoms with Crippen LogP contribution < -0.4 is 4.90 Å². The summed E-state index contributed by atoms with van der Waals surface area (Å²) in [6.45, 7) is 7.65. The van der Waals surface area contributed by atoms with Crippen LogP contribution in [0, 0.1) is 0 Å². The number of aliphatic hydroxyl groups is 1. The molecule has 0 unspecified atom stereocenters. The smallest absolute Gasteiger partial charge is 0.242 e. The van der Waals surface area contributed by atoms with Gasteiger partial charge in [0.25, 0.3) is 0 Å². The van der Waals surface area contributed by atoms with Gasteiger partial charge < -0.3 is 14.9 Å². The van der Waals surface area contributed by atoms with Gasteiger partial charge in [-0.2, -0.15) is 0 Å². The van der Waals surface area contributed by atoms with Crippen molar-refractivity contribution in [1.82, 2.24) is 9.88 Å². The SMILES string of the molecule is CC[C@H](O)c1ccc(N(C)CC(=O)N(CC)CC)cn1. The van der Waals surface area contributed by atoms with Gasteiger partial charge in [0.15, 0.2) is 0 Å². The molecule has 20 heavy (non-hydrogen) atoms. The van der Waals surface area contributed by atoms with Crippen LogP contribution in [-0.2, 0) is 4.79 Å². The molecule has 0 bridgehead atoms. The van der Waals surface area contributed by atoms with E-state index >= 15 is 0 Å². The first kappa shape index (κ1) is 16.4. The van der Waals surface area contributed by atoms with Crippen LogP contribution in [0.2, 0.25) is 0 Å². The molecule has 5 heteroatoms. The van der Waals surface area contributed by atoms with E-state index in [2.05, 4.69) is 4.98 Å². The van der Waals surface area contributed by atoms with Gasteiger partial charge in [-0.15, -0.1) is 0 Å². The first-order valence-corrected chi connectivity index (χ1v) is 7.16. The number of anilines is 1. The lowest BCUT2D eigenvalue weighted by molar-refractivity contribution is -0.129. The maximum atomic E-state index is 12.0. The molecule has 0 spiro atoms. The Morgan fingerprint density at radius 2 is 1.95 bits per heavy atom. The summed E-state index contributed by atoms with van der Waals surface area (Å²) in [4.78, 5) is 20.0. The number of nitrogens with zero attached hydrogens (tertiary/aromatic N) is 3. The fourth-order valence-electron chi connectivity index (χ4n) is 2.00. The standard InChI is InChI=1S/C15H25N3O2/c1-5-14(19)13-9-8-12(10-16-13)17(4)11-15(20)18(6-2)7-3/h8-10,14,19H,5-7,11H2,1-4H3/t14-/m0/s1. The molecule has 0 aromatic carbocycles. The number of carbonyl (C=O) groups excluding carboxylic acids is 1. The number of rotatable bonds is 7. The number of likely N-dealkylation sites (N-methyl/N-ethyl adjacent to an activating group) is 2. The number of carbonyl (C=O) groups is 1. The molecule has 0 radical (unpaired) electrons. The second-order valence-electron chi connectivity index (χ2n) is 4.79. The van der Waals surface area contributed by atoms with Gasteiger partial charge in [0.1, 0.15) is 0 Å². The second kappa shape index (κ2) is 7.85. The van der Waals surface area contributed by atoms with Gasteiger partial charge in [0.2, 0.25) is 5.91 Å². The molecule has 0 saturated heterocycles. The molecule has 1 amide bonds. The van der Waals surface area contributed by atoms with Crippen molar-refractivity contribution in [1.29, 1.82) is 0 Å². The molecular formula is C15H25N3O2. The Bertz CT molecular complexity index is 416. The summed E-state index contributed by atoms with van der Waals surface area (Å²) in [5.41, 5.74) is 1.54. The molecule has 0 aliphatic heterocycles. The summed E-state index contributed by atoms with van der Waals surface area (Å²) in [5, 5.41) is 9.70. The Balaban J connectivity index is 2.68. The monoisotopic (exact) mass is 279 g/mol. The highest BCUT2D eigenvalue weighted by Gasteiger charge is 2.13. The molecule has 1 aromatic rings. The lowest BCUT2D eigenvalue weighted by atomic mass is 10.2. The van der Waals surface area contributed by atoms with Crippen molar-refractivity contribution >= 4 is 11.6 Å². The quantitative estimate of drug-likeness (QED) is 0.827. The third-order valence-corrected chi connectivity index (χ3v) is 3.43. The Morgan fingerprint density at radius 1 is 1.30 bits per heavy atom. The van der Waals surface area contributed by atoms with Crippen LogP contribution in [-0.4, -0.2) is 47.6 Å². The van der Waals surface area contributed by atoms with Crippen molar-refractivity contribution in [2.45, 2.75) is 33.3 Å². The van der Waals surface area contributed by atoms with Gasteiger partial charge in [-0.3, -0.25) is 9.78 Å². The van der Waals surface area contributed by atoms with Gasteiger partial charge in [-0.1, -0.05) is 6.92 Å². The van der Waals surface area contributed by atoms with Crippen molar-refractivity contribution in [3.63, 3.8) is 0 Å². The normalized spacial score (nSPS) is 12.1. The fraction of sp³-hybridized carbons (Fsp3) is 0.600. The van der Waals surface area contributed by atoms with E-state index < -0.39 is 6.10 Å². The lowest BCUT2D eigenvalue weighted by Crippen LogP contribution is -2.38. The minimum absolute atomic E-state index is 0.107. The minimum Gasteiger partial charge on any atom is -0.387 e. The highest BCUT2D eigenvalue weighted by Crippen LogP contribution is 2.17. The second-order valence-corrected chi connectivity index (χ2v) is 4.79. The van der Waals surface area contributed by atoms with Gasteiger partial charge in [0, 0.05) is 20.1 Å². The summed E-state index contributed by atoms with van der Waals surface area (Å²) in [6.07, 6.45) is 1.82. The van der Waals surface area contributed by atoms with E-state index in [0.717, 1.165) is 18.8 Å². The summed E-state index contributed by atoms with van der Waals surface area (Å²) in [6, 6.07) is 3.69. The van der Waals surface area contributed by atoms with Crippen LogP contribution >= 0.6 is 0 Å². The van der Waals surface area contributed by atoms with E-state index in [0.29, 0.717) is 18.7 Å². The number of pyridine rings is 1. The van der Waals surface area contributed by atoms with Gasteiger partial charge in [-0.25, -0.2) is 0 Å². The molecule has 112 valence electrons. The van der Waals surface area contributed by atoms with E-state index in [1.807, 2.05) is 44.9 Å². The third-order valence-electron chi connectivity index (χ3n) is 3.43. The van der Waals surface area contributed by atoms with Crippen LogP contribution in [0.3, 0.4) is 0 Å². The third kappa shape index (κ3) is 4.20. The maximum Gasteiger partial charge on any atom is 0.242 e. The number of aliphatic hydroxyl groups excluding tert-OH is 1. The highest BCUT2D eigenvalue weighted by atomic mass is 16.3. The summed E-state index contributed by atoms with van der Waals surface area (Å²) < 4.78 is 0. The van der Waals surface area contributed by atoms with Crippen LogP contribution in [0.1, 0.15) is 39.0 Å². The summed E-state index contributed by atoms with van der Waals surface area (Å²) in [7, 11) is 1.87. The lowest BCUT2D eigenvalue weighted by Gasteiger charge is -2.24. The topological polar surface area (TPSA) is 56.7 Å². The predicted octanol–water partition coefficient (Wildman–Crippen LogP) is 1.83. The molecule has 5 nitrogen and oxygen atoms in total. The van der Waals surface area contributed by atoms with Crippen molar-refractivity contribution in [2.75, 3.05) is 31.6 Å². The number of hydrogen-bond donors (Lipinski definition) is 1. The molecule has 0 aliphatic rings. The van der Waals surface area contributed by atoms with Crippen LogP contribution in [0.25, 0.3) is 0 Å². The minimum atomic E-state index is -0.522. The number of aromatic nitrogens is 1. The molecule has 1 N–H and O–H groups in total. The first-order chi connectivity index (χ1) is 9.53. The molecule has 1 aromatic heterocycles. The first-order valence-electron chi connectivity index (χ1n) is 7.16. The zero-order chi connectivity index (χ0) is 15.1. The zero-order valence-electron chi connectivity index (χ0n) is 12.8. The Morgan fingerprint density at radius 3 is 2.40 bits per heavy atom. The molecule has 0 saturated carbocycles. The van der Waals surface area contributed by atoms with Gasteiger partial charge in [0.05, 0.1) is 30.2 Å². The van der Waals surface area contributed by atoms with Crippen molar-refractivity contribution in [2.24, 2.45) is 0 Å². The van der Waals surface area contributed by atoms with Crippen molar-refractivity contribution in [3.8, 4) is 0 Å². The van der Waals surface area contributed by atoms with Crippen molar-refractivity contribution in [3.05, 3.63) is 24.0 Å². The molecule has 1 atom stereocenters. The molecule has 1 heterocycles. The van der Waals surface area contributed by atoms with Crippen LogP contribution in [0.4, 0.5) is 5.69 Å². The fourth-order valence-corrected chi connectivity index (χ4v) is 2.00. The Kier molecular flexibility index (Phi) is 6.45. The van der Waals surface area contributed by atoms with Gasteiger partial charge >= 0.3 is 0 Å². The van der Waals surface area contributed by atoms with Crippen LogP contribution in [0.5, 0.6) is 0 Å². The zero-order valence-corrected chi connectivity index (χ0v) is 12.8. The average Bonchev–Trinajstić information content (AvgIpc) is 2.47. The van der Waals surface area contributed by atoms with Crippen LogP contribution in [0.15, 0.2) is 18.3 Å². The number of amides is 1. The maximum absolute atomic E-state index is 12.0. The van der Waals surface area contributed by atoms with E-state index in [1.165, 1.54) is 0 Å². The van der Waals surface area contributed by atoms with E-state index in [1.54, 1.807) is 11.1 Å².